The first kappa shape index (κ1) is 19.4. The summed E-state index contributed by atoms with van der Waals surface area (Å²) in [5.74, 6) is 0.997. The van der Waals surface area contributed by atoms with Crippen LogP contribution in [0.25, 0.3) is 6.08 Å². The fourth-order valence-corrected chi connectivity index (χ4v) is 2.30. The molecular formula is C21H24O5. The summed E-state index contributed by atoms with van der Waals surface area (Å²) in [6.45, 7) is 7.26. The molecule has 138 valence electrons. The van der Waals surface area contributed by atoms with E-state index in [0.29, 0.717) is 31.3 Å². The number of carboxylic acid groups (broad SMARTS) is 1. The van der Waals surface area contributed by atoms with Crippen LogP contribution in [0.1, 0.15) is 23.6 Å². The van der Waals surface area contributed by atoms with Crippen LogP contribution in [0.3, 0.4) is 0 Å². The largest absolute Gasteiger partial charge is 0.490 e. The summed E-state index contributed by atoms with van der Waals surface area (Å²) in [5.41, 5.74) is 3.15. The molecular weight excluding hydrogens is 332 g/mol. The molecule has 0 saturated heterocycles. The van der Waals surface area contributed by atoms with Gasteiger partial charge in [0.1, 0.15) is 19.0 Å². The summed E-state index contributed by atoms with van der Waals surface area (Å²) >= 11 is 0. The number of hydrogen-bond acceptors (Lipinski definition) is 4. The molecule has 2 aromatic carbocycles. The average Bonchev–Trinajstić information content (AvgIpc) is 2.61. The van der Waals surface area contributed by atoms with Crippen molar-refractivity contribution < 1.29 is 24.1 Å². The lowest BCUT2D eigenvalue weighted by atomic mass is 10.1. The van der Waals surface area contributed by atoms with E-state index in [2.05, 4.69) is 6.92 Å². The Morgan fingerprint density at radius 2 is 1.73 bits per heavy atom. The Hall–Kier alpha value is -2.95. The van der Waals surface area contributed by atoms with Crippen LogP contribution in [0.5, 0.6) is 17.2 Å². The van der Waals surface area contributed by atoms with E-state index >= 15 is 0 Å². The summed E-state index contributed by atoms with van der Waals surface area (Å²) < 4.78 is 17.0. The van der Waals surface area contributed by atoms with Crippen molar-refractivity contribution in [2.75, 3.05) is 19.8 Å². The fourth-order valence-electron chi connectivity index (χ4n) is 2.30. The molecule has 2 aromatic rings. The molecule has 1 N–H and O–H groups in total. The van der Waals surface area contributed by atoms with Gasteiger partial charge in [-0.1, -0.05) is 12.1 Å². The molecule has 0 heterocycles. The van der Waals surface area contributed by atoms with Gasteiger partial charge in [0.15, 0.2) is 11.5 Å². The number of aryl methyl sites for hydroxylation is 2. The normalized spacial score (nSPS) is 10.7. The van der Waals surface area contributed by atoms with Crippen LogP contribution in [-0.4, -0.2) is 30.9 Å². The second-order valence-corrected chi connectivity index (χ2v) is 5.75. The molecule has 0 bridgehead atoms. The molecule has 0 aliphatic rings. The van der Waals surface area contributed by atoms with Gasteiger partial charge in [-0.15, -0.1) is 0 Å². The summed E-state index contributed by atoms with van der Waals surface area (Å²) in [5, 5.41) is 8.71. The number of carbonyl (C=O) groups is 1. The zero-order chi connectivity index (χ0) is 18.9. The van der Waals surface area contributed by atoms with Crippen LogP contribution in [0, 0.1) is 13.8 Å². The third kappa shape index (κ3) is 5.84. The van der Waals surface area contributed by atoms with Gasteiger partial charge in [0.2, 0.25) is 0 Å². The lowest BCUT2D eigenvalue weighted by molar-refractivity contribution is -0.131. The molecule has 0 fully saturated rings. The first-order chi connectivity index (χ1) is 12.5. The molecule has 0 amide bonds. The number of rotatable bonds is 9. The Labute approximate surface area is 153 Å². The van der Waals surface area contributed by atoms with Gasteiger partial charge >= 0.3 is 5.97 Å². The summed E-state index contributed by atoms with van der Waals surface area (Å²) in [6, 6.07) is 11.3. The van der Waals surface area contributed by atoms with Crippen LogP contribution in [0.2, 0.25) is 0 Å². The van der Waals surface area contributed by atoms with Crippen LogP contribution in [0.4, 0.5) is 0 Å². The number of carboxylic acids is 1. The molecule has 2 rings (SSSR count). The average molecular weight is 356 g/mol. The predicted molar refractivity (Wildman–Crippen MR) is 101 cm³/mol. The minimum Gasteiger partial charge on any atom is -0.490 e. The molecule has 0 unspecified atom stereocenters. The summed E-state index contributed by atoms with van der Waals surface area (Å²) in [4.78, 5) is 10.6. The second kappa shape index (κ2) is 9.51. The molecule has 0 radical (unpaired) electrons. The van der Waals surface area contributed by atoms with Crippen LogP contribution < -0.4 is 14.2 Å². The van der Waals surface area contributed by atoms with E-state index in [1.807, 2.05) is 32.0 Å². The van der Waals surface area contributed by atoms with E-state index < -0.39 is 5.97 Å². The van der Waals surface area contributed by atoms with Gasteiger partial charge in [0.25, 0.3) is 0 Å². The Balaban J connectivity index is 1.95. The molecule has 5 heteroatoms. The van der Waals surface area contributed by atoms with Crippen molar-refractivity contribution in [2.24, 2.45) is 0 Å². The second-order valence-electron chi connectivity index (χ2n) is 5.75. The molecule has 0 aliphatic carbocycles. The monoisotopic (exact) mass is 356 g/mol. The van der Waals surface area contributed by atoms with Crippen LogP contribution in [0.15, 0.2) is 42.5 Å². The van der Waals surface area contributed by atoms with Crippen molar-refractivity contribution >= 4 is 12.0 Å². The van der Waals surface area contributed by atoms with Crippen molar-refractivity contribution in [1.82, 2.24) is 0 Å². The van der Waals surface area contributed by atoms with Crippen molar-refractivity contribution in [3.63, 3.8) is 0 Å². The highest BCUT2D eigenvalue weighted by atomic mass is 16.5. The van der Waals surface area contributed by atoms with E-state index in [9.17, 15) is 4.79 Å². The van der Waals surface area contributed by atoms with Crippen LogP contribution >= 0.6 is 0 Å². The standard InChI is InChI=1S/C21H24O5/c1-4-24-20-14-17(7-10-21(22)23)6-9-19(20)26-12-11-25-18-8-5-15(2)16(3)13-18/h5-10,13-14H,4,11-12H2,1-3H3,(H,22,23). The third-order valence-electron chi connectivity index (χ3n) is 3.77. The van der Waals surface area contributed by atoms with Crippen molar-refractivity contribution in [1.29, 1.82) is 0 Å². The van der Waals surface area contributed by atoms with Crippen molar-refractivity contribution in [2.45, 2.75) is 20.8 Å². The lowest BCUT2D eigenvalue weighted by Crippen LogP contribution is -2.10. The SMILES string of the molecule is CCOc1cc(C=CC(=O)O)ccc1OCCOc1ccc(C)c(C)c1. The van der Waals surface area contributed by atoms with Crippen molar-refractivity contribution in [3.05, 3.63) is 59.2 Å². The van der Waals surface area contributed by atoms with E-state index in [1.54, 1.807) is 18.2 Å². The van der Waals surface area contributed by atoms with Gasteiger partial charge in [0, 0.05) is 6.08 Å². The maximum atomic E-state index is 10.6. The van der Waals surface area contributed by atoms with Gasteiger partial charge < -0.3 is 19.3 Å². The molecule has 0 saturated carbocycles. The van der Waals surface area contributed by atoms with Gasteiger partial charge in [-0.3, -0.25) is 0 Å². The third-order valence-corrected chi connectivity index (χ3v) is 3.77. The number of aliphatic carboxylic acids is 1. The topological polar surface area (TPSA) is 65.0 Å². The molecule has 0 spiro atoms. The molecule has 0 aromatic heterocycles. The smallest absolute Gasteiger partial charge is 0.328 e. The van der Waals surface area contributed by atoms with Gasteiger partial charge in [0.05, 0.1) is 6.61 Å². The molecule has 0 atom stereocenters. The Morgan fingerprint density at radius 1 is 0.962 bits per heavy atom. The first-order valence-corrected chi connectivity index (χ1v) is 8.50. The van der Waals surface area contributed by atoms with Gasteiger partial charge in [-0.2, -0.15) is 0 Å². The van der Waals surface area contributed by atoms with E-state index in [-0.39, 0.29) is 0 Å². The van der Waals surface area contributed by atoms with Gasteiger partial charge in [-0.05, 0) is 67.8 Å². The van der Waals surface area contributed by atoms with E-state index in [0.717, 1.165) is 17.4 Å². The van der Waals surface area contributed by atoms with Crippen LogP contribution in [-0.2, 0) is 4.79 Å². The highest BCUT2D eigenvalue weighted by molar-refractivity contribution is 5.85. The minimum atomic E-state index is -0.994. The number of ether oxygens (including phenoxy) is 3. The zero-order valence-electron chi connectivity index (χ0n) is 15.3. The first-order valence-electron chi connectivity index (χ1n) is 8.50. The molecule has 26 heavy (non-hydrogen) atoms. The number of benzene rings is 2. The molecule has 0 aliphatic heterocycles. The maximum Gasteiger partial charge on any atom is 0.328 e. The fraction of sp³-hybridized carbons (Fsp3) is 0.286. The quantitative estimate of drug-likeness (QED) is 0.537. The Morgan fingerprint density at radius 3 is 2.42 bits per heavy atom. The van der Waals surface area contributed by atoms with Crippen molar-refractivity contribution in [3.8, 4) is 17.2 Å². The lowest BCUT2D eigenvalue weighted by Gasteiger charge is -2.13. The summed E-state index contributed by atoms with van der Waals surface area (Å²) in [7, 11) is 0. The van der Waals surface area contributed by atoms with E-state index in [1.165, 1.54) is 17.2 Å². The van der Waals surface area contributed by atoms with E-state index in [4.69, 9.17) is 19.3 Å². The highest BCUT2D eigenvalue weighted by Gasteiger charge is 2.06. The Bertz CT molecular complexity index is 780. The predicted octanol–water partition coefficient (Wildman–Crippen LogP) is 4.26. The zero-order valence-corrected chi connectivity index (χ0v) is 15.3. The maximum absolute atomic E-state index is 10.6. The molecule has 5 nitrogen and oxygen atoms in total. The number of hydrogen-bond donors (Lipinski definition) is 1. The van der Waals surface area contributed by atoms with Gasteiger partial charge in [-0.25, -0.2) is 4.79 Å². The summed E-state index contributed by atoms with van der Waals surface area (Å²) in [6.07, 6.45) is 2.60. The highest BCUT2D eigenvalue weighted by Crippen LogP contribution is 2.29. The minimum absolute atomic E-state index is 0.372. The Kier molecular flexibility index (Phi) is 7.09.